The highest BCUT2D eigenvalue weighted by molar-refractivity contribution is 6.34. The number of rotatable bonds is 2. The van der Waals surface area contributed by atoms with Crippen LogP contribution in [0.3, 0.4) is 0 Å². The third-order valence-electron chi connectivity index (χ3n) is 3.08. The molecule has 94 valence electrons. The zero-order valence-corrected chi connectivity index (χ0v) is 10.1. The highest BCUT2D eigenvalue weighted by Gasteiger charge is 2.33. The molecular formula is C12H11ClN2O3. The fraction of sp³-hybridized carbons (Fsp3) is 0.333. The summed E-state index contributed by atoms with van der Waals surface area (Å²) in [4.78, 5) is 18.3. The van der Waals surface area contributed by atoms with E-state index < -0.39 is 12.1 Å². The molecule has 1 aromatic heterocycles. The SMILES string of the molecule is O=C(O)C1CCC(c2nc3c(Cl)cccc3[nH]2)O1. The largest absolute Gasteiger partial charge is 0.479 e. The Morgan fingerprint density at radius 1 is 1.50 bits per heavy atom. The van der Waals surface area contributed by atoms with E-state index in [0.717, 1.165) is 5.52 Å². The van der Waals surface area contributed by atoms with Gasteiger partial charge in [-0.2, -0.15) is 0 Å². The molecule has 1 fully saturated rings. The molecule has 2 N–H and O–H groups in total. The number of hydrogen-bond acceptors (Lipinski definition) is 3. The molecule has 3 rings (SSSR count). The molecule has 2 atom stereocenters. The smallest absolute Gasteiger partial charge is 0.332 e. The van der Waals surface area contributed by atoms with Gasteiger partial charge in [-0.05, 0) is 25.0 Å². The number of aromatic amines is 1. The van der Waals surface area contributed by atoms with Crippen LogP contribution < -0.4 is 0 Å². The van der Waals surface area contributed by atoms with Gasteiger partial charge in [-0.25, -0.2) is 9.78 Å². The molecule has 18 heavy (non-hydrogen) atoms. The predicted molar refractivity (Wildman–Crippen MR) is 65.6 cm³/mol. The Labute approximate surface area is 108 Å². The first-order valence-electron chi connectivity index (χ1n) is 5.67. The summed E-state index contributed by atoms with van der Waals surface area (Å²) in [5, 5.41) is 9.46. The number of nitrogens with zero attached hydrogens (tertiary/aromatic N) is 1. The third kappa shape index (κ3) is 1.85. The minimum atomic E-state index is -0.924. The van der Waals surface area contributed by atoms with Crippen LogP contribution in [0, 0.1) is 0 Å². The topological polar surface area (TPSA) is 75.2 Å². The summed E-state index contributed by atoms with van der Waals surface area (Å²) >= 11 is 6.04. The second-order valence-electron chi connectivity index (χ2n) is 4.29. The second kappa shape index (κ2) is 4.26. The molecule has 5 nitrogen and oxygen atoms in total. The quantitative estimate of drug-likeness (QED) is 0.876. The zero-order chi connectivity index (χ0) is 12.7. The van der Waals surface area contributed by atoms with Crippen molar-refractivity contribution in [2.75, 3.05) is 0 Å². The van der Waals surface area contributed by atoms with Crippen LogP contribution in [0.5, 0.6) is 0 Å². The van der Waals surface area contributed by atoms with E-state index >= 15 is 0 Å². The van der Waals surface area contributed by atoms with Crippen molar-refractivity contribution >= 4 is 28.6 Å². The van der Waals surface area contributed by atoms with E-state index in [4.69, 9.17) is 21.4 Å². The summed E-state index contributed by atoms with van der Waals surface area (Å²) in [6.07, 6.45) is 0.118. The van der Waals surface area contributed by atoms with Gasteiger partial charge in [0.05, 0.1) is 10.5 Å². The van der Waals surface area contributed by atoms with Crippen LogP contribution in [0.25, 0.3) is 11.0 Å². The third-order valence-corrected chi connectivity index (χ3v) is 3.39. The summed E-state index contributed by atoms with van der Waals surface area (Å²) in [7, 11) is 0. The van der Waals surface area contributed by atoms with Gasteiger partial charge in [0, 0.05) is 0 Å². The lowest BCUT2D eigenvalue weighted by Gasteiger charge is -2.07. The van der Waals surface area contributed by atoms with E-state index in [9.17, 15) is 4.79 Å². The van der Waals surface area contributed by atoms with Crippen LogP contribution in [0.2, 0.25) is 5.02 Å². The molecule has 0 saturated carbocycles. The minimum Gasteiger partial charge on any atom is -0.479 e. The van der Waals surface area contributed by atoms with Gasteiger partial charge in [-0.3, -0.25) is 0 Å². The van der Waals surface area contributed by atoms with Gasteiger partial charge in [-0.1, -0.05) is 17.7 Å². The number of carbonyl (C=O) groups is 1. The van der Waals surface area contributed by atoms with Gasteiger partial charge in [-0.15, -0.1) is 0 Å². The van der Waals surface area contributed by atoms with Gasteiger partial charge in [0.15, 0.2) is 6.10 Å². The summed E-state index contributed by atoms with van der Waals surface area (Å²) in [5.41, 5.74) is 1.52. The highest BCUT2D eigenvalue weighted by atomic mass is 35.5. The van der Waals surface area contributed by atoms with Crippen LogP contribution in [0.1, 0.15) is 24.8 Å². The van der Waals surface area contributed by atoms with Crippen molar-refractivity contribution in [2.24, 2.45) is 0 Å². The first-order chi connectivity index (χ1) is 8.65. The Hall–Kier alpha value is -1.59. The van der Waals surface area contributed by atoms with Crippen LogP contribution in [0.4, 0.5) is 0 Å². The Balaban J connectivity index is 1.92. The Bertz CT molecular complexity index is 610. The van der Waals surface area contributed by atoms with Gasteiger partial charge < -0.3 is 14.8 Å². The van der Waals surface area contributed by atoms with Crippen LogP contribution in [-0.2, 0) is 9.53 Å². The molecule has 0 amide bonds. The van der Waals surface area contributed by atoms with E-state index in [1.807, 2.05) is 12.1 Å². The molecule has 2 aromatic rings. The molecule has 1 saturated heterocycles. The number of carboxylic acid groups (broad SMARTS) is 1. The lowest BCUT2D eigenvalue weighted by atomic mass is 10.2. The molecule has 1 aromatic carbocycles. The van der Waals surface area contributed by atoms with Crippen molar-refractivity contribution in [1.29, 1.82) is 0 Å². The number of benzene rings is 1. The number of fused-ring (bicyclic) bond motifs is 1. The molecule has 0 bridgehead atoms. The number of aliphatic carboxylic acids is 1. The fourth-order valence-corrected chi connectivity index (χ4v) is 2.41. The van der Waals surface area contributed by atoms with Crippen molar-refractivity contribution in [3.8, 4) is 0 Å². The van der Waals surface area contributed by atoms with Gasteiger partial charge in [0.25, 0.3) is 0 Å². The normalized spacial score (nSPS) is 23.6. The number of carboxylic acids is 1. The summed E-state index contributed by atoms with van der Waals surface area (Å²) in [5.74, 6) is -0.284. The minimum absolute atomic E-state index is 0.297. The van der Waals surface area contributed by atoms with Gasteiger partial charge in [0.1, 0.15) is 17.4 Å². The van der Waals surface area contributed by atoms with Crippen molar-refractivity contribution in [3.05, 3.63) is 29.0 Å². The molecule has 2 heterocycles. The second-order valence-corrected chi connectivity index (χ2v) is 4.69. The molecule has 0 aliphatic carbocycles. The van der Waals surface area contributed by atoms with Crippen molar-refractivity contribution < 1.29 is 14.6 Å². The van der Waals surface area contributed by atoms with E-state index in [0.29, 0.717) is 29.2 Å². The van der Waals surface area contributed by atoms with E-state index in [1.165, 1.54) is 0 Å². The zero-order valence-electron chi connectivity index (χ0n) is 9.39. The van der Waals surface area contributed by atoms with Crippen LogP contribution >= 0.6 is 11.6 Å². The number of aromatic nitrogens is 2. The van der Waals surface area contributed by atoms with Gasteiger partial charge in [0.2, 0.25) is 0 Å². The molecule has 0 spiro atoms. The molecule has 1 aliphatic rings. The molecule has 6 heteroatoms. The number of ether oxygens (including phenoxy) is 1. The average Bonchev–Trinajstić information content (AvgIpc) is 2.95. The molecule has 0 radical (unpaired) electrons. The first-order valence-corrected chi connectivity index (χ1v) is 6.05. The molecular weight excluding hydrogens is 256 g/mol. The van der Waals surface area contributed by atoms with E-state index in [1.54, 1.807) is 6.07 Å². The monoisotopic (exact) mass is 266 g/mol. The number of hydrogen-bond donors (Lipinski definition) is 2. The number of para-hydroxylation sites is 1. The number of halogens is 1. The van der Waals surface area contributed by atoms with Crippen LogP contribution in [-0.4, -0.2) is 27.1 Å². The van der Waals surface area contributed by atoms with Crippen molar-refractivity contribution in [1.82, 2.24) is 9.97 Å². The molecule has 2 unspecified atom stereocenters. The lowest BCUT2D eigenvalue weighted by molar-refractivity contribution is -0.149. The standard InChI is InChI=1S/C12H11ClN2O3/c13-6-2-1-3-7-10(6)15-11(14-7)8-4-5-9(18-8)12(16)17/h1-3,8-9H,4-5H2,(H,14,15)(H,16,17). The lowest BCUT2D eigenvalue weighted by Crippen LogP contribution is -2.18. The maximum atomic E-state index is 10.8. The summed E-state index contributed by atoms with van der Waals surface area (Å²) < 4.78 is 5.44. The predicted octanol–water partition coefficient (Wildman–Crippen LogP) is 2.52. The van der Waals surface area contributed by atoms with Crippen molar-refractivity contribution in [3.63, 3.8) is 0 Å². The maximum absolute atomic E-state index is 10.8. The Morgan fingerprint density at radius 2 is 2.33 bits per heavy atom. The number of nitrogens with one attached hydrogen (secondary N) is 1. The highest BCUT2D eigenvalue weighted by Crippen LogP contribution is 2.33. The van der Waals surface area contributed by atoms with E-state index in [-0.39, 0.29) is 6.10 Å². The molecule has 1 aliphatic heterocycles. The fourth-order valence-electron chi connectivity index (χ4n) is 2.19. The first kappa shape index (κ1) is 11.5. The Kier molecular flexibility index (Phi) is 2.72. The van der Waals surface area contributed by atoms with E-state index in [2.05, 4.69) is 9.97 Å². The average molecular weight is 267 g/mol. The summed E-state index contributed by atoms with van der Waals surface area (Å²) in [6.45, 7) is 0. The Morgan fingerprint density at radius 3 is 3.00 bits per heavy atom. The van der Waals surface area contributed by atoms with Crippen molar-refractivity contribution in [2.45, 2.75) is 25.0 Å². The van der Waals surface area contributed by atoms with Crippen LogP contribution in [0.15, 0.2) is 18.2 Å². The number of imidazole rings is 1. The van der Waals surface area contributed by atoms with Gasteiger partial charge >= 0.3 is 5.97 Å². The number of H-pyrrole nitrogens is 1. The maximum Gasteiger partial charge on any atom is 0.332 e. The summed E-state index contributed by atoms with van der Waals surface area (Å²) in [6, 6.07) is 5.48.